The first-order valence-electron chi connectivity index (χ1n) is 6.61. The highest BCUT2D eigenvalue weighted by atomic mass is 16.5. The Morgan fingerprint density at radius 1 is 1.10 bits per heavy atom. The van der Waals surface area contributed by atoms with Crippen LogP contribution in [0.4, 0.5) is 5.82 Å². The van der Waals surface area contributed by atoms with E-state index in [0.717, 1.165) is 0 Å². The van der Waals surface area contributed by atoms with Gasteiger partial charge in [-0.1, -0.05) is 32.9 Å². The monoisotopic (exact) mass is 288 g/mol. The second kappa shape index (κ2) is 5.97. The lowest BCUT2D eigenvalue weighted by Crippen LogP contribution is -2.19. The number of rotatable bonds is 4. The molecule has 0 spiro atoms. The SMILES string of the molecule is COc1ccccc1Oc1cc(NN)nc(C(C)(C)C)n1. The summed E-state index contributed by atoms with van der Waals surface area (Å²) in [7, 11) is 1.59. The summed E-state index contributed by atoms with van der Waals surface area (Å²) in [6, 6.07) is 9.02. The van der Waals surface area contributed by atoms with Gasteiger partial charge in [-0.25, -0.2) is 10.8 Å². The Balaban J connectivity index is 2.39. The van der Waals surface area contributed by atoms with Crippen molar-refractivity contribution >= 4 is 5.82 Å². The number of nitrogens with two attached hydrogens (primary N) is 1. The Morgan fingerprint density at radius 3 is 2.33 bits per heavy atom. The molecule has 3 N–H and O–H groups in total. The molecule has 0 saturated carbocycles. The normalized spacial score (nSPS) is 11.1. The zero-order valence-electron chi connectivity index (χ0n) is 12.7. The van der Waals surface area contributed by atoms with Crippen molar-refractivity contribution in [3.8, 4) is 17.4 Å². The standard InChI is InChI=1S/C15H20N4O2/c1-15(2,3)14-17-12(19-16)9-13(18-14)21-11-8-6-5-7-10(11)20-4/h5-9H,16H2,1-4H3,(H,17,18,19). The molecular formula is C15H20N4O2. The molecule has 0 aliphatic carbocycles. The molecule has 1 aromatic heterocycles. The first-order chi connectivity index (χ1) is 9.94. The second-order valence-electron chi connectivity index (χ2n) is 5.56. The van der Waals surface area contributed by atoms with E-state index in [-0.39, 0.29) is 5.41 Å². The number of hydrazine groups is 1. The maximum atomic E-state index is 5.81. The predicted octanol–water partition coefficient (Wildman–Crippen LogP) is 2.86. The number of aromatic nitrogens is 2. The van der Waals surface area contributed by atoms with Crippen LogP contribution < -0.4 is 20.7 Å². The van der Waals surface area contributed by atoms with Crippen LogP contribution in [0.5, 0.6) is 17.4 Å². The minimum Gasteiger partial charge on any atom is -0.493 e. The molecule has 6 nitrogen and oxygen atoms in total. The molecule has 0 atom stereocenters. The largest absolute Gasteiger partial charge is 0.493 e. The summed E-state index contributed by atoms with van der Waals surface area (Å²) in [6.07, 6.45) is 0. The van der Waals surface area contributed by atoms with E-state index in [0.29, 0.717) is 29.0 Å². The second-order valence-corrected chi connectivity index (χ2v) is 5.56. The first-order valence-corrected chi connectivity index (χ1v) is 6.61. The molecule has 2 aromatic rings. The average Bonchev–Trinajstić information content (AvgIpc) is 2.46. The zero-order chi connectivity index (χ0) is 15.5. The number of benzene rings is 1. The molecule has 0 radical (unpaired) electrons. The molecule has 112 valence electrons. The third-order valence-electron chi connectivity index (χ3n) is 2.80. The summed E-state index contributed by atoms with van der Waals surface area (Å²) >= 11 is 0. The number of para-hydroxylation sites is 2. The maximum Gasteiger partial charge on any atom is 0.224 e. The third-order valence-corrected chi connectivity index (χ3v) is 2.80. The number of hydrogen-bond donors (Lipinski definition) is 2. The van der Waals surface area contributed by atoms with E-state index in [1.807, 2.05) is 45.0 Å². The molecular weight excluding hydrogens is 268 g/mol. The van der Waals surface area contributed by atoms with Crippen molar-refractivity contribution in [2.75, 3.05) is 12.5 Å². The first kappa shape index (κ1) is 15.1. The highest BCUT2D eigenvalue weighted by Crippen LogP contribution is 2.31. The van der Waals surface area contributed by atoms with Crippen LogP contribution in [0.25, 0.3) is 0 Å². The number of nitrogens with one attached hydrogen (secondary N) is 1. The van der Waals surface area contributed by atoms with Gasteiger partial charge in [-0.2, -0.15) is 4.98 Å². The van der Waals surface area contributed by atoms with Crippen molar-refractivity contribution in [2.24, 2.45) is 5.84 Å². The molecule has 0 saturated heterocycles. The topological polar surface area (TPSA) is 82.3 Å². The molecule has 6 heteroatoms. The van der Waals surface area contributed by atoms with Crippen LogP contribution in [0.1, 0.15) is 26.6 Å². The molecule has 1 heterocycles. The van der Waals surface area contributed by atoms with Crippen molar-refractivity contribution in [3.63, 3.8) is 0 Å². The molecule has 1 aromatic carbocycles. The fraction of sp³-hybridized carbons (Fsp3) is 0.333. The molecule has 0 unspecified atom stereocenters. The molecule has 0 bridgehead atoms. The smallest absolute Gasteiger partial charge is 0.224 e. The summed E-state index contributed by atoms with van der Waals surface area (Å²) in [5.74, 6) is 8.23. The fourth-order valence-corrected chi connectivity index (χ4v) is 1.70. The Bertz CT molecular complexity index is 623. The van der Waals surface area contributed by atoms with Crippen molar-refractivity contribution in [1.29, 1.82) is 0 Å². The lowest BCUT2D eigenvalue weighted by atomic mass is 9.96. The summed E-state index contributed by atoms with van der Waals surface area (Å²) < 4.78 is 11.1. The van der Waals surface area contributed by atoms with Crippen LogP contribution in [-0.2, 0) is 5.41 Å². The molecule has 2 rings (SSSR count). The van der Waals surface area contributed by atoms with Gasteiger partial charge in [-0.3, -0.25) is 0 Å². The minimum absolute atomic E-state index is 0.217. The van der Waals surface area contributed by atoms with Crippen LogP contribution in [-0.4, -0.2) is 17.1 Å². The number of methoxy groups -OCH3 is 1. The van der Waals surface area contributed by atoms with E-state index in [4.69, 9.17) is 15.3 Å². The fourth-order valence-electron chi connectivity index (χ4n) is 1.70. The number of nitrogens with zero attached hydrogens (tertiary/aromatic N) is 2. The average molecular weight is 288 g/mol. The molecule has 0 amide bonds. The lowest BCUT2D eigenvalue weighted by Gasteiger charge is -2.18. The molecule has 21 heavy (non-hydrogen) atoms. The van der Waals surface area contributed by atoms with E-state index in [1.165, 1.54) is 0 Å². The van der Waals surface area contributed by atoms with Gasteiger partial charge < -0.3 is 14.9 Å². The minimum atomic E-state index is -0.217. The summed E-state index contributed by atoms with van der Waals surface area (Å²) in [6.45, 7) is 6.07. The Labute approximate surface area is 124 Å². The number of nitrogen functional groups attached to an aromatic ring is 1. The van der Waals surface area contributed by atoms with Crippen molar-refractivity contribution in [3.05, 3.63) is 36.2 Å². The van der Waals surface area contributed by atoms with Gasteiger partial charge in [0, 0.05) is 11.5 Å². The molecule has 0 aliphatic rings. The molecule has 0 fully saturated rings. The maximum absolute atomic E-state index is 5.81. The van der Waals surface area contributed by atoms with Gasteiger partial charge in [-0.05, 0) is 12.1 Å². The van der Waals surface area contributed by atoms with E-state index in [1.54, 1.807) is 13.2 Å². The van der Waals surface area contributed by atoms with Gasteiger partial charge in [0.05, 0.1) is 7.11 Å². The van der Waals surface area contributed by atoms with E-state index < -0.39 is 0 Å². The Kier molecular flexibility index (Phi) is 4.28. The van der Waals surface area contributed by atoms with Crippen molar-refractivity contribution < 1.29 is 9.47 Å². The van der Waals surface area contributed by atoms with Crippen LogP contribution in [0.15, 0.2) is 30.3 Å². The van der Waals surface area contributed by atoms with Crippen molar-refractivity contribution in [2.45, 2.75) is 26.2 Å². The molecule has 0 aliphatic heterocycles. The van der Waals surface area contributed by atoms with E-state index in [2.05, 4.69) is 15.4 Å². The quantitative estimate of drug-likeness (QED) is 0.665. The summed E-state index contributed by atoms with van der Waals surface area (Å²) in [5.41, 5.74) is 2.32. The Morgan fingerprint density at radius 2 is 1.76 bits per heavy atom. The van der Waals surface area contributed by atoms with Gasteiger partial charge in [0.1, 0.15) is 11.6 Å². The van der Waals surface area contributed by atoms with Crippen LogP contribution in [0.2, 0.25) is 0 Å². The highest BCUT2D eigenvalue weighted by molar-refractivity contribution is 5.44. The van der Waals surface area contributed by atoms with Gasteiger partial charge in [-0.15, -0.1) is 0 Å². The van der Waals surface area contributed by atoms with E-state index >= 15 is 0 Å². The van der Waals surface area contributed by atoms with Gasteiger partial charge in [0.2, 0.25) is 5.88 Å². The zero-order valence-corrected chi connectivity index (χ0v) is 12.7. The lowest BCUT2D eigenvalue weighted by molar-refractivity contribution is 0.372. The summed E-state index contributed by atoms with van der Waals surface area (Å²) in [4.78, 5) is 8.79. The number of ether oxygens (including phenoxy) is 2. The van der Waals surface area contributed by atoms with Gasteiger partial charge >= 0.3 is 0 Å². The van der Waals surface area contributed by atoms with Crippen LogP contribution in [0.3, 0.4) is 0 Å². The van der Waals surface area contributed by atoms with Gasteiger partial charge in [0.15, 0.2) is 11.5 Å². The third kappa shape index (κ3) is 3.61. The Hall–Kier alpha value is -2.34. The number of hydrogen-bond acceptors (Lipinski definition) is 6. The highest BCUT2D eigenvalue weighted by Gasteiger charge is 2.20. The van der Waals surface area contributed by atoms with E-state index in [9.17, 15) is 0 Å². The van der Waals surface area contributed by atoms with Crippen LogP contribution in [0, 0.1) is 0 Å². The van der Waals surface area contributed by atoms with Crippen molar-refractivity contribution in [1.82, 2.24) is 9.97 Å². The summed E-state index contributed by atoms with van der Waals surface area (Å²) in [5, 5.41) is 0. The predicted molar refractivity (Wildman–Crippen MR) is 81.6 cm³/mol. The number of anilines is 1. The van der Waals surface area contributed by atoms with Crippen LogP contribution >= 0.6 is 0 Å². The van der Waals surface area contributed by atoms with Gasteiger partial charge in [0.25, 0.3) is 0 Å².